The monoisotopic (exact) mass is 345 g/mol. The van der Waals surface area contributed by atoms with Crippen LogP contribution < -0.4 is 0 Å². The van der Waals surface area contributed by atoms with Crippen LogP contribution in [0.3, 0.4) is 0 Å². The Hall–Kier alpha value is -1.99. The Labute approximate surface area is 141 Å². The van der Waals surface area contributed by atoms with Crippen LogP contribution in [0.15, 0.2) is 38.9 Å². The van der Waals surface area contributed by atoms with Gasteiger partial charge in [-0.2, -0.15) is 16.3 Å². The van der Waals surface area contributed by atoms with Crippen molar-refractivity contribution >= 4 is 28.6 Å². The third-order valence-electron chi connectivity index (χ3n) is 4.02. The predicted octanol–water partition coefficient (Wildman–Crippen LogP) is 3.42. The second kappa shape index (κ2) is 6.25. The molecule has 1 aliphatic heterocycles. The summed E-state index contributed by atoms with van der Waals surface area (Å²) in [5.74, 6) is 1.61. The van der Waals surface area contributed by atoms with Gasteiger partial charge in [-0.1, -0.05) is 11.2 Å². The molecule has 0 radical (unpaired) electrons. The number of nitrogens with zero attached hydrogens (tertiary/aromatic N) is 3. The Bertz CT molecular complexity index is 780. The topological polar surface area (TPSA) is 59.2 Å². The average Bonchev–Trinajstić information content (AvgIpc) is 3.30. The summed E-state index contributed by atoms with van der Waals surface area (Å²) in [4.78, 5) is 19.7. The zero-order valence-corrected chi connectivity index (χ0v) is 14.0. The van der Waals surface area contributed by atoms with Gasteiger partial charge in [-0.3, -0.25) is 4.79 Å². The molecule has 118 valence electrons. The molecule has 4 rings (SSSR count). The predicted molar refractivity (Wildman–Crippen MR) is 89.6 cm³/mol. The Balaban J connectivity index is 1.41. The van der Waals surface area contributed by atoms with Gasteiger partial charge >= 0.3 is 0 Å². The molecule has 0 spiro atoms. The Morgan fingerprint density at radius 3 is 3.13 bits per heavy atom. The minimum Gasteiger partial charge on any atom is -0.342 e. The van der Waals surface area contributed by atoms with Gasteiger partial charge in [0.1, 0.15) is 0 Å². The fourth-order valence-electron chi connectivity index (χ4n) is 2.78. The number of rotatable bonds is 4. The second-order valence-corrected chi connectivity index (χ2v) is 7.30. The van der Waals surface area contributed by atoms with Gasteiger partial charge < -0.3 is 9.42 Å². The first-order valence-corrected chi connectivity index (χ1v) is 9.28. The Morgan fingerprint density at radius 1 is 1.39 bits per heavy atom. The van der Waals surface area contributed by atoms with Gasteiger partial charge in [-0.15, -0.1) is 11.3 Å². The molecule has 4 heterocycles. The van der Waals surface area contributed by atoms with Crippen molar-refractivity contribution in [3.8, 4) is 10.8 Å². The Morgan fingerprint density at radius 2 is 2.35 bits per heavy atom. The summed E-state index contributed by atoms with van der Waals surface area (Å²) < 4.78 is 5.35. The summed E-state index contributed by atoms with van der Waals surface area (Å²) in [7, 11) is 0. The third kappa shape index (κ3) is 3.07. The number of amides is 1. The molecule has 0 aromatic carbocycles. The van der Waals surface area contributed by atoms with Gasteiger partial charge in [0.25, 0.3) is 5.89 Å². The van der Waals surface area contributed by atoms with Crippen LogP contribution >= 0.6 is 22.7 Å². The molecule has 1 atom stereocenters. The lowest BCUT2D eigenvalue weighted by Crippen LogP contribution is -2.29. The van der Waals surface area contributed by atoms with Crippen molar-refractivity contribution in [2.75, 3.05) is 13.1 Å². The van der Waals surface area contributed by atoms with Gasteiger partial charge in [-0.05, 0) is 40.3 Å². The molecule has 1 aliphatic rings. The minimum atomic E-state index is 0.166. The van der Waals surface area contributed by atoms with Crippen LogP contribution in [-0.2, 0) is 11.2 Å². The van der Waals surface area contributed by atoms with Crippen molar-refractivity contribution in [3.63, 3.8) is 0 Å². The van der Waals surface area contributed by atoms with Crippen LogP contribution in [0.2, 0.25) is 0 Å². The molecule has 1 saturated heterocycles. The van der Waals surface area contributed by atoms with Crippen molar-refractivity contribution in [1.29, 1.82) is 0 Å². The summed E-state index contributed by atoms with van der Waals surface area (Å²) in [6.45, 7) is 1.43. The van der Waals surface area contributed by atoms with Crippen LogP contribution in [0.5, 0.6) is 0 Å². The maximum Gasteiger partial charge on any atom is 0.267 e. The second-order valence-electron chi connectivity index (χ2n) is 5.57. The van der Waals surface area contributed by atoms with Gasteiger partial charge in [0.15, 0.2) is 5.82 Å². The number of aromatic nitrogens is 2. The molecule has 0 N–H and O–H groups in total. The van der Waals surface area contributed by atoms with E-state index in [-0.39, 0.29) is 11.8 Å². The lowest BCUT2D eigenvalue weighted by atomic mass is 10.1. The first-order chi connectivity index (χ1) is 11.3. The molecule has 7 heteroatoms. The highest BCUT2D eigenvalue weighted by atomic mass is 32.1. The highest BCUT2D eigenvalue weighted by Crippen LogP contribution is 2.29. The summed E-state index contributed by atoms with van der Waals surface area (Å²) in [6.07, 6.45) is 1.36. The zero-order chi connectivity index (χ0) is 15.6. The molecular formula is C16H15N3O2S2. The number of hydrogen-bond acceptors (Lipinski definition) is 6. The van der Waals surface area contributed by atoms with Crippen LogP contribution in [0.25, 0.3) is 10.8 Å². The number of thiophene rings is 2. The van der Waals surface area contributed by atoms with E-state index in [1.807, 2.05) is 39.2 Å². The summed E-state index contributed by atoms with van der Waals surface area (Å²) in [5.41, 5.74) is 1.09. The number of carbonyl (C=O) groups excluding carboxylic acids is 1. The standard InChI is InChI=1S/C16H15N3O2S2/c20-14(8-11-4-7-22-10-11)19-5-3-12(9-19)15-17-16(21-18-15)13-2-1-6-23-13/h1-2,4,6-7,10,12H,3,5,8-9H2/t12-/m0/s1. The highest BCUT2D eigenvalue weighted by molar-refractivity contribution is 7.13. The van der Waals surface area contributed by atoms with Crippen LogP contribution in [0, 0.1) is 0 Å². The van der Waals surface area contributed by atoms with Crippen molar-refractivity contribution in [1.82, 2.24) is 15.0 Å². The van der Waals surface area contributed by atoms with E-state index < -0.39 is 0 Å². The molecule has 3 aromatic rings. The maximum atomic E-state index is 12.3. The van der Waals surface area contributed by atoms with E-state index >= 15 is 0 Å². The van der Waals surface area contributed by atoms with Crippen LogP contribution in [-0.4, -0.2) is 34.0 Å². The number of carbonyl (C=O) groups is 1. The first kappa shape index (κ1) is 14.6. The molecule has 5 nitrogen and oxygen atoms in total. The summed E-state index contributed by atoms with van der Waals surface area (Å²) >= 11 is 3.20. The van der Waals surface area contributed by atoms with E-state index in [0.717, 1.165) is 23.4 Å². The van der Waals surface area contributed by atoms with Gasteiger partial charge in [0, 0.05) is 19.0 Å². The smallest absolute Gasteiger partial charge is 0.267 e. The SMILES string of the molecule is O=C(Cc1ccsc1)N1CC[C@H](c2noc(-c3cccs3)n2)C1. The van der Waals surface area contributed by atoms with E-state index in [1.54, 1.807) is 22.7 Å². The van der Waals surface area contributed by atoms with E-state index in [4.69, 9.17) is 4.52 Å². The van der Waals surface area contributed by atoms with Gasteiger partial charge in [0.05, 0.1) is 11.3 Å². The van der Waals surface area contributed by atoms with E-state index in [0.29, 0.717) is 24.7 Å². The summed E-state index contributed by atoms with van der Waals surface area (Å²) in [5, 5.41) is 10.1. The van der Waals surface area contributed by atoms with Crippen molar-refractivity contribution in [3.05, 3.63) is 45.7 Å². The largest absolute Gasteiger partial charge is 0.342 e. The molecule has 1 amide bonds. The molecule has 0 unspecified atom stereocenters. The summed E-state index contributed by atoms with van der Waals surface area (Å²) in [6, 6.07) is 5.93. The van der Waals surface area contributed by atoms with Crippen molar-refractivity contribution in [2.45, 2.75) is 18.8 Å². The van der Waals surface area contributed by atoms with E-state index in [2.05, 4.69) is 10.1 Å². The van der Waals surface area contributed by atoms with E-state index in [9.17, 15) is 4.79 Å². The molecular weight excluding hydrogens is 330 g/mol. The van der Waals surface area contributed by atoms with Gasteiger partial charge in [-0.25, -0.2) is 0 Å². The molecule has 1 fully saturated rings. The van der Waals surface area contributed by atoms with Crippen LogP contribution in [0.4, 0.5) is 0 Å². The lowest BCUT2D eigenvalue weighted by molar-refractivity contribution is -0.129. The quantitative estimate of drug-likeness (QED) is 0.727. The van der Waals surface area contributed by atoms with Crippen molar-refractivity contribution in [2.24, 2.45) is 0 Å². The molecule has 3 aromatic heterocycles. The van der Waals surface area contributed by atoms with E-state index in [1.165, 1.54) is 0 Å². The van der Waals surface area contributed by atoms with Gasteiger partial charge in [0.2, 0.25) is 5.91 Å². The molecule has 0 saturated carbocycles. The number of hydrogen-bond donors (Lipinski definition) is 0. The average molecular weight is 345 g/mol. The highest BCUT2D eigenvalue weighted by Gasteiger charge is 2.30. The van der Waals surface area contributed by atoms with Crippen molar-refractivity contribution < 1.29 is 9.32 Å². The molecule has 0 aliphatic carbocycles. The molecule has 0 bridgehead atoms. The minimum absolute atomic E-state index is 0.166. The number of likely N-dealkylation sites (tertiary alicyclic amines) is 1. The fourth-order valence-corrected chi connectivity index (χ4v) is 4.09. The third-order valence-corrected chi connectivity index (χ3v) is 5.61. The van der Waals surface area contributed by atoms with Crippen LogP contribution in [0.1, 0.15) is 23.7 Å². The Kier molecular flexibility index (Phi) is 3.97. The zero-order valence-electron chi connectivity index (χ0n) is 12.3. The maximum absolute atomic E-state index is 12.3. The lowest BCUT2D eigenvalue weighted by Gasteiger charge is -2.15. The normalized spacial score (nSPS) is 17.7. The first-order valence-electron chi connectivity index (χ1n) is 7.46. The molecule has 23 heavy (non-hydrogen) atoms. The fraction of sp³-hybridized carbons (Fsp3) is 0.312.